The van der Waals surface area contributed by atoms with Gasteiger partial charge in [-0.3, -0.25) is 4.79 Å². The van der Waals surface area contributed by atoms with Crippen LogP contribution >= 0.6 is 0 Å². The topological polar surface area (TPSA) is 77.2 Å². The third-order valence-corrected chi connectivity index (χ3v) is 2.84. The van der Waals surface area contributed by atoms with Gasteiger partial charge in [0.2, 0.25) is 0 Å². The van der Waals surface area contributed by atoms with Crippen molar-refractivity contribution in [2.45, 2.75) is 13.3 Å². The van der Waals surface area contributed by atoms with Crippen molar-refractivity contribution < 1.29 is 9.53 Å². The fourth-order valence-electron chi connectivity index (χ4n) is 1.68. The maximum atomic E-state index is 11.3. The Morgan fingerprint density at radius 3 is 2.88 bits per heavy atom. The van der Waals surface area contributed by atoms with Crippen molar-refractivity contribution in [1.82, 2.24) is 4.98 Å². The second-order valence-corrected chi connectivity index (χ2v) is 4.20. The molecule has 0 radical (unpaired) electrons. The highest BCUT2D eigenvalue weighted by Gasteiger charge is 2.19. The van der Waals surface area contributed by atoms with Crippen LogP contribution in [-0.4, -0.2) is 30.6 Å². The fourth-order valence-corrected chi connectivity index (χ4v) is 1.68. The Bertz CT molecular complexity index is 416. The summed E-state index contributed by atoms with van der Waals surface area (Å²) in [5.41, 5.74) is 7.23. The van der Waals surface area contributed by atoms with E-state index in [4.69, 9.17) is 10.5 Å². The number of carbonyl (C=O) groups excluding carboxylic acids is 1. The van der Waals surface area contributed by atoms with Gasteiger partial charge in [0.1, 0.15) is 0 Å². The molecular weight excluding hydrogens is 218 g/mol. The molecule has 0 unspecified atom stereocenters. The van der Waals surface area contributed by atoms with Gasteiger partial charge >= 0.3 is 0 Å². The maximum Gasteiger partial charge on any atom is 0.269 e. The summed E-state index contributed by atoms with van der Waals surface area (Å²) in [5.74, 6) is 0.0224. The Balaban J connectivity index is 2.10. The number of pyridine rings is 1. The van der Waals surface area contributed by atoms with Gasteiger partial charge in [-0.15, -0.1) is 0 Å². The molecule has 0 aromatic carbocycles. The fraction of sp³-hybridized carbons (Fsp3) is 0.500. The van der Waals surface area contributed by atoms with Crippen LogP contribution in [0.15, 0.2) is 12.1 Å². The molecule has 0 spiro atoms. The molecule has 2 rings (SSSR count). The number of amides is 1. The number of aryl methyl sites for hydroxylation is 1. The van der Waals surface area contributed by atoms with Crippen LogP contribution in [0.25, 0.3) is 0 Å². The third-order valence-electron chi connectivity index (χ3n) is 2.84. The molecule has 0 atom stereocenters. The zero-order chi connectivity index (χ0) is 12.3. The monoisotopic (exact) mass is 235 g/mol. The van der Waals surface area contributed by atoms with Crippen molar-refractivity contribution >= 4 is 11.6 Å². The van der Waals surface area contributed by atoms with Crippen LogP contribution in [0.2, 0.25) is 0 Å². The van der Waals surface area contributed by atoms with Crippen molar-refractivity contribution in [3.8, 4) is 0 Å². The van der Waals surface area contributed by atoms with Gasteiger partial charge in [0.05, 0.1) is 18.9 Å². The molecule has 5 heteroatoms. The summed E-state index contributed by atoms with van der Waals surface area (Å²) in [6.07, 6.45) is 0.789. The minimum Gasteiger partial charge on any atom is -0.383 e. The zero-order valence-electron chi connectivity index (χ0n) is 9.90. The van der Waals surface area contributed by atoms with Crippen molar-refractivity contribution in [3.63, 3.8) is 0 Å². The first-order valence-corrected chi connectivity index (χ1v) is 5.82. The average molecular weight is 235 g/mol. The van der Waals surface area contributed by atoms with Gasteiger partial charge in [-0.05, 0) is 18.6 Å². The summed E-state index contributed by atoms with van der Waals surface area (Å²) in [6, 6.07) is 3.78. The van der Waals surface area contributed by atoms with Crippen molar-refractivity contribution in [2.75, 3.05) is 25.1 Å². The minimum atomic E-state index is -0.493. The van der Waals surface area contributed by atoms with Crippen LogP contribution in [0.1, 0.15) is 23.1 Å². The first-order chi connectivity index (χ1) is 8.20. The van der Waals surface area contributed by atoms with Crippen LogP contribution in [0.4, 0.5) is 5.69 Å². The van der Waals surface area contributed by atoms with Gasteiger partial charge < -0.3 is 15.8 Å². The predicted molar refractivity (Wildman–Crippen MR) is 64.9 cm³/mol. The van der Waals surface area contributed by atoms with Crippen LogP contribution in [0, 0.1) is 5.92 Å². The molecule has 1 aliphatic heterocycles. The van der Waals surface area contributed by atoms with Gasteiger partial charge in [-0.25, -0.2) is 4.98 Å². The molecule has 0 aliphatic carbocycles. The molecule has 1 aromatic heterocycles. The van der Waals surface area contributed by atoms with E-state index in [0.29, 0.717) is 17.3 Å². The van der Waals surface area contributed by atoms with Crippen molar-refractivity contribution in [2.24, 2.45) is 11.7 Å². The van der Waals surface area contributed by atoms with Crippen LogP contribution in [0.3, 0.4) is 0 Å². The smallest absolute Gasteiger partial charge is 0.269 e. The number of hydrogen-bond acceptors (Lipinski definition) is 4. The van der Waals surface area contributed by atoms with Crippen LogP contribution in [-0.2, 0) is 11.2 Å². The largest absolute Gasteiger partial charge is 0.383 e. The Kier molecular flexibility index (Phi) is 3.58. The molecule has 1 fully saturated rings. The molecule has 0 bridgehead atoms. The quantitative estimate of drug-likeness (QED) is 0.791. The van der Waals surface area contributed by atoms with E-state index < -0.39 is 5.91 Å². The lowest BCUT2D eigenvalue weighted by atomic mass is 10.1. The first-order valence-electron chi connectivity index (χ1n) is 5.82. The summed E-state index contributed by atoms with van der Waals surface area (Å²) < 4.78 is 5.09. The standard InChI is InChI=1S/C12H17N3O2/c1-2-9-3-4-10(11(15-9)12(13)16)14-5-8-6-17-7-8/h3-4,8,14H,2,5-7H2,1H3,(H2,13,16). The number of anilines is 1. The number of ether oxygens (including phenoxy) is 1. The second-order valence-electron chi connectivity index (χ2n) is 4.20. The SMILES string of the molecule is CCc1ccc(NCC2COC2)c(C(N)=O)n1. The summed E-state index contributed by atoms with van der Waals surface area (Å²) in [7, 11) is 0. The van der Waals surface area contributed by atoms with Gasteiger partial charge in [0.15, 0.2) is 5.69 Å². The van der Waals surface area contributed by atoms with E-state index in [1.54, 1.807) is 0 Å². The minimum absolute atomic E-state index is 0.324. The summed E-state index contributed by atoms with van der Waals surface area (Å²) in [6.45, 7) is 4.33. The number of primary amides is 1. The average Bonchev–Trinajstić information content (AvgIpc) is 2.27. The highest BCUT2D eigenvalue weighted by Crippen LogP contribution is 2.16. The maximum absolute atomic E-state index is 11.3. The first kappa shape index (κ1) is 11.9. The highest BCUT2D eigenvalue weighted by atomic mass is 16.5. The van der Waals surface area contributed by atoms with Gasteiger partial charge in [-0.1, -0.05) is 6.92 Å². The Morgan fingerprint density at radius 2 is 2.35 bits per heavy atom. The lowest BCUT2D eigenvalue weighted by molar-refractivity contribution is -0.0248. The van der Waals surface area contributed by atoms with E-state index in [9.17, 15) is 4.79 Å². The molecule has 0 saturated carbocycles. The molecule has 1 aliphatic rings. The summed E-state index contributed by atoms with van der Waals surface area (Å²) in [5, 5.41) is 3.20. The van der Waals surface area contributed by atoms with Crippen molar-refractivity contribution in [3.05, 3.63) is 23.5 Å². The lowest BCUT2D eigenvalue weighted by Gasteiger charge is -2.26. The summed E-state index contributed by atoms with van der Waals surface area (Å²) >= 11 is 0. The predicted octanol–water partition coefficient (Wildman–Crippen LogP) is 0.801. The van der Waals surface area contributed by atoms with Crippen LogP contribution < -0.4 is 11.1 Å². The Morgan fingerprint density at radius 1 is 1.59 bits per heavy atom. The van der Waals surface area contributed by atoms with Gasteiger partial charge in [-0.2, -0.15) is 0 Å². The van der Waals surface area contributed by atoms with Crippen LogP contribution in [0.5, 0.6) is 0 Å². The summed E-state index contributed by atoms with van der Waals surface area (Å²) in [4.78, 5) is 15.6. The molecular formula is C12H17N3O2. The number of aromatic nitrogens is 1. The number of rotatable bonds is 5. The molecule has 3 N–H and O–H groups in total. The molecule has 92 valence electrons. The highest BCUT2D eigenvalue weighted by molar-refractivity contribution is 5.96. The van der Waals surface area contributed by atoms with E-state index in [0.717, 1.165) is 31.9 Å². The number of nitrogens with zero attached hydrogens (tertiary/aromatic N) is 1. The van der Waals surface area contributed by atoms with E-state index in [1.807, 2.05) is 19.1 Å². The van der Waals surface area contributed by atoms with Gasteiger partial charge in [0, 0.05) is 18.2 Å². The molecule has 2 heterocycles. The molecule has 17 heavy (non-hydrogen) atoms. The Hall–Kier alpha value is -1.62. The number of hydrogen-bond donors (Lipinski definition) is 2. The second kappa shape index (κ2) is 5.14. The number of carbonyl (C=O) groups is 1. The lowest BCUT2D eigenvalue weighted by Crippen LogP contribution is -2.34. The van der Waals surface area contributed by atoms with E-state index in [1.165, 1.54) is 0 Å². The van der Waals surface area contributed by atoms with Crippen molar-refractivity contribution in [1.29, 1.82) is 0 Å². The van der Waals surface area contributed by atoms with E-state index in [-0.39, 0.29) is 0 Å². The molecule has 5 nitrogen and oxygen atoms in total. The third kappa shape index (κ3) is 2.74. The molecule has 1 amide bonds. The zero-order valence-corrected chi connectivity index (χ0v) is 9.90. The normalized spacial score (nSPS) is 15.4. The van der Waals surface area contributed by atoms with E-state index in [2.05, 4.69) is 10.3 Å². The number of nitrogens with one attached hydrogen (secondary N) is 1. The molecule has 1 saturated heterocycles. The Labute approximate surface area is 100 Å². The number of nitrogens with two attached hydrogens (primary N) is 1. The molecule has 1 aromatic rings. The van der Waals surface area contributed by atoms with E-state index >= 15 is 0 Å². The van der Waals surface area contributed by atoms with Gasteiger partial charge in [0.25, 0.3) is 5.91 Å².